The van der Waals surface area contributed by atoms with Crippen molar-refractivity contribution < 1.29 is 17.9 Å². The summed E-state index contributed by atoms with van der Waals surface area (Å²) >= 11 is 0. The zero-order chi connectivity index (χ0) is 16.9. The minimum atomic E-state index is -3.24. The Balaban J connectivity index is 1.81. The molecule has 128 valence electrons. The summed E-state index contributed by atoms with van der Waals surface area (Å²) in [6.45, 7) is 3.00. The number of ether oxygens (including phenoxy) is 1. The number of carbonyl (C=O) groups is 1. The van der Waals surface area contributed by atoms with E-state index < -0.39 is 10.0 Å². The lowest BCUT2D eigenvalue weighted by Crippen LogP contribution is -2.47. The number of piperidine rings is 1. The van der Waals surface area contributed by atoms with Gasteiger partial charge in [0, 0.05) is 13.1 Å². The molecule has 0 radical (unpaired) electrons. The highest BCUT2D eigenvalue weighted by Gasteiger charge is 2.30. The fourth-order valence-corrected chi connectivity index (χ4v) is 3.51. The third-order valence-electron chi connectivity index (χ3n) is 3.86. The molecule has 2 rings (SSSR count). The number of amides is 1. The number of sulfonamides is 1. The van der Waals surface area contributed by atoms with Gasteiger partial charge in [-0.05, 0) is 31.9 Å². The van der Waals surface area contributed by atoms with Gasteiger partial charge in [-0.2, -0.15) is 0 Å². The summed E-state index contributed by atoms with van der Waals surface area (Å²) in [5.74, 6) is 0.356. The Morgan fingerprint density at radius 3 is 2.74 bits per heavy atom. The van der Waals surface area contributed by atoms with E-state index in [9.17, 15) is 13.2 Å². The highest BCUT2D eigenvalue weighted by Crippen LogP contribution is 2.19. The molecule has 0 spiro atoms. The molecule has 2 atom stereocenters. The Hall–Kier alpha value is -1.60. The van der Waals surface area contributed by atoms with Gasteiger partial charge >= 0.3 is 0 Å². The average Bonchev–Trinajstić information content (AvgIpc) is 2.53. The molecule has 23 heavy (non-hydrogen) atoms. The molecule has 0 bridgehead atoms. The van der Waals surface area contributed by atoms with E-state index in [0.717, 1.165) is 5.75 Å². The van der Waals surface area contributed by atoms with Crippen LogP contribution in [0.5, 0.6) is 5.75 Å². The second-order valence-corrected chi connectivity index (χ2v) is 7.98. The number of benzene rings is 1. The van der Waals surface area contributed by atoms with Gasteiger partial charge in [-0.1, -0.05) is 18.2 Å². The first-order valence-corrected chi connectivity index (χ1v) is 9.64. The Labute approximate surface area is 137 Å². The molecule has 1 amide bonds. The molecule has 1 fully saturated rings. The van der Waals surface area contributed by atoms with Crippen LogP contribution in [0.1, 0.15) is 19.8 Å². The van der Waals surface area contributed by atoms with Crippen LogP contribution in [0.15, 0.2) is 30.3 Å². The molecule has 1 N–H and O–H groups in total. The van der Waals surface area contributed by atoms with Gasteiger partial charge in [0.25, 0.3) is 0 Å². The third kappa shape index (κ3) is 5.51. The number of nitrogens with one attached hydrogen (secondary N) is 1. The van der Waals surface area contributed by atoms with E-state index in [0.29, 0.717) is 26.0 Å². The van der Waals surface area contributed by atoms with Crippen LogP contribution < -0.4 is 10.1 Å². The van der Waals surface area contributed by atoms with Gasteiger partial charge in [0.15, 0.2) is 0 Å². The van der Waals surface area contributed by atoms with E-state index >= 15 is 0 Å². The first-order valence-electron chi connectivity index (χ1n) is 7.79. The van der Waals surface area contributed by atoms with Crippen LogP contribution in [0.3, 0.4) is 0 Å². The Kier molecular flexibility index (Phi) is 6.01. The number of rotatable bonds is 6. The molecule has 1 aliphatic heterocycles. The van der Waals surface area contributed by atoms with Crippen molar-refractivity contribution in [3.05, 3.63) is 30.3 Å². The zero-order valence-corrected chi connectivity index (χ0v) is 14.4. The number of nitrogens with zero attached hydrogens (tertiary/aromatic N) is 1. The average molecular weight is 340 g/mol. The van der Waals surface area contributed by atoms with Gasteiger partial charge in [-0.3, -0.25) is 4.79 Å². The topological polar surface area (TPSA) is 75.7 Å². The van der Waals surface area contributed by atoms with Crippen molar-refractivity contribution in [3.8, 4) is 5.75 Å². The van der Waals surface area contributed by atoms with E-state index in [1.165, 1.54) is 10.6 Å². The first kappa shape index (κ1) is 17.7. The maximum Gasteiger partial charge on any atom is 0.224 e. The SMILES string of the molecule is C[C@H](COc1ccccc1)NC(=O)[C@@H]1CCCN(S(C)(=O)=O)C1. The molecule has 7 heteroatoms. The van der Waals surface area contributed by atoms with Crippen molar-refractivity contribution in [2.75, 3.05) is 26.0 Å². The van der Waals surface area contributed by atoms with Gasteiger partial charge in [-0.15, -0.1) is 0 Å². The predicted octanol–water partition coefficient (Wildman–Crippen LogP) is 1.24. The quantitative estimate of drug-likeness (QED) is 0.845. The lowest BCUT2D eigenvalue weighted by molar-refractivity contribution is -0.126. The molecule has 1 saturated heterocycles. The van der Waals surface area contributed by atoms with E-state index in [1.54, 1.807) is 0 Å². The van der Waals surface area contributed by atoms with Gasteiger partial charge in [0.1, 0.15) is 12.4 Å². The van der Waals surface area contributed by atoms with Crippen molar-refractivity contribution in [2.24, 2.45) is 5.92 Å². The van der Waals surface area contributed by atoms with Gasteiger partial charge in [-0.25, -0.2) is 12.7 Å². The number of para-hydroxylation sites is 1. The van der Waals surface area contributed by atoms with Crippen LogP contribution in [0, 0.1) is 5.92 Å². The second-order valence-electron chi connectivity index (χ2n) is 5.99. The summed E-state index contributed by atoms with van der Waals surface area (Å²) < 4.78 is 30.2. The molecular formula is C16H24N2O4S. The maximum atomic E-state index is 12.3. The fraction of sp³-hybridized carbons (Fsp3) is 0.562. The van der Waals surface area contributed by atoms with Crippen molar-refractivity contribution in [1.29, 1.82) is 0 Å². The summed E-state index contributed by atoms with van der Waals surface area (Å²) in [6.07, 6.45) is 2.60. The fourth-order valence-electron chi connectivity index (χ4n) is 2.60. The van der Waals surface area contributed by atoms with Crippen molar-refractivity contribution in [1.82, 2.24) is 9.62 Å². The molecule has 1 aromatic rings. The van der Waals surface area contributed by atoms with Gasteiger partial charge < -0.3 is 10.1 Å². The molecule has 0 aliphatic carbocycles. The van der Waals surface area contributed by atoms with Crippen molar-refractivity contribution >= 4 is 15.9 Å². The third-order valence-corrected chi connectivity index (χ3v) is 5.13. The normalized spacial score (nSPS) is 20.7. The van der Waals surface area contributed by atoms with Crippen molar-refractivity contribution in [2.45, 2.75) is 25.8 Å². The minimum Gasteiger partial charge on any atom is -0.491 e. The molecule has 1 aliphatic rings. The highest BCUT2D eigenvalue weighted by atomic mass is 32.2. The van der Waals surface area contributed by atoms with Crippen LogP contribution in [0.2, 0.25) is 0 Å². The molecule has 0 unspecified atom stereocenters. The summed E-state index contributed by atoms with van der Waals surface area (Å²) in [7, 11) is -3.24. The molecule has 1 aromatic carbocycles. The van der Waals surface area contributed by atoms with Gasteiger partial charge in [0.2, 0.25) is 15.9 Å². The van der Waals surface area contributed by atoms with Crippen LogP contribution in [0.25, 0.3) is 0 Å². The van der Waals surface area contributed by atoms with E-state index in [2.05, 4.69) is 5.32 Å². The number of hydrogen-bond donors (Lipinski definition) is 1. The van der Waals surface area contributed by atoms with E-state index in [1.807, 2.05) is 37.3 Å². The summed E-state index contributed by atoms with van der Waals surface area (Å²) in [5.41, 5.74) is 0. The summed E-state index contributed by atoms with van der Waals surface area (Å²) in [6, 6.07) is 9.27. The molecular weight excluding hydrogens is 316 g/mol. The molecule has 1 heterocycles. The molecule has 6 nitrogen and oxygen atoms in total. The second kappa shape index (κ2) is 7.79. The zero-order valence-electron chi connectivity index (χ0n) is 13.6. The first-order chi connectivity index (χ1) is 10.9. The van der Waals surface area contributed by atoms with Gasteiger partial charge in [0.05, 0.1) is 18.2 Å². The Bertz CT molecular complexity index is 618. The highest BCUT2D eigenvalue weighted by molar-refractivity contribution is 7.88. The van der Waals surface area contributed by atoms with E-state index in [4.69, 9.17) is 4.74 Å². The minimum absolute atomic E-state index is 0.109. The largest absolute Gasteiger partial charge is 0.491 e. The summed E-state index contributed by atoms with van der Waals surface area (Å²) in [5, 5.41) is 2.91. The van der Waals surface area contributed by atoms with Crippen LogP contribution >= 0.6 is 0 Å². The lowest BCUT2D eigenvalue weighted by Gasteiger charge is -2.30. The predicted molar refractivity (Wildman–Crippen MR) is 88.7 cm³/mol. The standard InChI is InChI=1S/C16H24N2O4S/c1-13(12-22-15-8-4-3-5-9-15)17-16(19)14-7-6-10-18(11-14)23(2,20)21/h3-5,8-9,13-14H,6-7,10-12H2,1-2H3,(H,17,19)/t13-,14-/m1/s1. The smallest absolute Gasteiger partial charge is 0.224 e. The number of carbonyl (C=O) groups excluding carboxylic acids is 1. The lowest BCUT2D eigenvalue weighted by atomic mass is 9.98. The number of hydrogen-bond acceptors (Lipinski definition) is 4. The van der Waals surface area contributed by atoms with Crippen LogP contribution in [-0.4, -0.2) is 50.6 Å². The monoisotopic (exact) mass is 340 g/mol. The maximum absolute atomic E-state index is 12.3. The molecule has 0 saturated carbocycles. The Morgan fingerprint density at radius 2 is 2.09 bits per heavy atom. The van der Waals surface area contributed by atoms with Crippen molar-refractivity contribution in [3.63, 3.8) is 0 Å². The Morgan fingerprint density at radius 1 is 1.39 bits per heavy atom. The summed E-state index contributed by atoms with van der Waals surface area (Å²) in [4.78, 5) is 12.3. The van der Waals surface area contributed by atoms with Crippen LogP contribution in [0.4, 0.5) is 0 Å². The van der Waals surface area contributed by atoms with Crippen LogP contribution in [-0.2, 0) is 14.8 Å². The van der Waals surface area contributed by atoms with E-state index in [-0.39, 0.29) is 24.4 Å². The molecule has 0 aromatic heterocycles.